The Hall–Kier alpha value is -0.430. The number of rotatable bonds is 4. The molecule has 1 aliphatic heterocycles. The van der Waals surface area contributed by atoms with Crippen molar-refractivity contribution >= 4 is 33.2 Å². The fourth-order valence-electron chi connectivity index (χ4n) is 2.06. The second-order valence-corrected chi connectivity index (χ2v) is 6.64. The molecule has 6 heteroatoms. The number of ether oxygens (including phenoxy) is 1. The minimum atomic E-state index is -0.795. The molecular formula is C12H16BrNO3S. The predicted molar refractivity (Wildman–Crippen MR) is 74.0 cm³/mol. The molecule has 0 aromatic carbocycles. The van der Waals surface area contributed by atoms with Gasteiger partial charge in [-0.15, -0.1) is 11.3 Å². The first-order valence-electron chi connectivity index (χ1n) is 5.85. The van der Waals surface area contributed by atoms with Gasteiger partial charge in [-0.25, -0.2) is 0 Å². The summed E-state index contributed by atoms with van der Waals surface area (Å²) in [6, 6.07) is 2.14. The van der Waals surface area contributed by atoms with Crippen LogP contribution in [0.5, 0.6) is 0 Å². The fraction of sp³-hybridized carbons (Fsp3) is 0.583. The number of aliphatic carboxylic acids is 1. The monoisotopic (exact) mass is 333 g/mol. The molecule has 100 valence electrons. The van der Waals surface area contributed by atoms with Crippen LogP contribution >= 0.6 is 27.3 Å². The maximum Gasteiger partial charge on any atom is 0.306 e. The minimum absolute atomic E-state index is 0.0870. The van der Waals surface area contributed by atoms with Gasteiger partial charge in [0, 0.05) is 33.9 Å². The molecular weight excluding hydrogens is 318 g/mol. The third kappa shape index (κ3) is 3.78. The lowest BCUT2D eigenvalue weighted by molar-refractivity contribution is -0.142. The highest BCUT2D eigenvalue weighted by molar-refractivity contribution is 9.10. The number of carboxylic acid groups (broad SMARTS) is 1. The number of halogens is 1. The lowest BCUT2D eigenvalue weighted by Crippen LogP contribution is -2.42. The minimum Gasteiger partial charge on any atom is -0.481 e. The molecule has 2 rings (SSSR count). The van der Waals surface area contributed by atoms with Gasteiger partial charge in [0.1, 0.15) is 0 Å². The first kappa shape index (κ1) is 14.0. The van der Waals surface area contributed by atoms with E-state index in [0.29, 0.717) is 13.2 Å². The van der Waals surface area contributed by atoms with Gasteiger partial charge in [-0.05, 0) is 28.9 Å². The highest BCUT2D eigenvalue weighted by atomic mass is 79.9. The Kier molecular flexibility index (Phi) is 4.77. The lowest BCUT2D eigenvalue weighted by Gasteiger charge is -2.31. The van der Waals surface area contributed by atoms with E-state index in [4.69, 9.17) is 9.84 Å². The van der Waals surface area contributed by atoms with E-state index < -0.39 is 5.97 Å². The summed E-state index contributed by atoms with van der Waals surface area (Å²) in [6.07, 6.45) is -0.0929. The number of hydrogen-bond acceptors (Lipinski definition) is 4. The summed E-state index contributed by atoms with van der Waals surface area (Å²) >= 11 is 5.29. The molecule has 1 saturated heterocycles. The summed E-state index contributed by atoms with van der Waals surface area (Å²) in [5.74, 6) is -0.795. The summed E-state index contributed by atoms with van der Waals surface area (Å²) in [5, 5.41) is 8.78. The van der Waals surface area contributed by atoms with Crippen LogP contribution in [0.1, 0.15) is 16.2 Å². The van der Waals surface area contributed by atoms with Crippen molar-refractivity contribution in [3.8, 4) is 0 Å². The molecule has 2 heterocycles. The third-order valence-corrected chi connectivity index (χ3v) is 5.03. The van der Waals surface area contributed by atoms with Crippen LogP contribution in [0, 0.1) is 6.92 Å². The van der Waals surface area contributed by atoms with Crippen molar-refractivity contribution in [1.29, 1.82) is 0 Å². The second-order valence-electron chi connectivity index (χ2n) is 4.44. The summed E-state index contributed by atoms with van der Waals surface area (Å²) in [7, 11) is 0. The Morgan fingerprint density at radius 3 is 3.11 bits per heavy atom. The van der Waals surface area contributed by atoms with Crippen LogP contribution in [0.25, 0.3) is 0 Å². The normalized spacial score (nSPS) is 21.1. The van der Waals surface area contributed by atoms with Gasteiger partial charge in [0.2, 0.25) is 0 Å². The molecule has 0 spiro atoms. The van der Waals surface area contributed by atoms with Crippen molar-refractivity contribution in [2.75, 3.05) is 19.7 Å². The molecule has 1 fully saturated rings. The van der Waals surface area contributed by atoms with Crippen LogP contribution in [-0.2, 0) is 16.1 Å². The highest BCUT2D eigenvalue weighted by Crippen LogP contribution is 2.27. The van der Waals surface area contributed by atoms with Crippen molar-refractivity contribution < 1.29 is 14.6 Å². The van der Waals surface area contributed by atoms with E-state index in [2.05, 4.69) is 33.8 Å². The van der Waals surface area contributed by atoms with E-state index in [9.17, 15) is 4.79 Å². The Morgan fingerprint density at radius 1 is 1.72 bits per heavy atom. The molecule has 4 nitrogen and oxygen atoms in total. The molecule has 1 aliphatic rings. The lowest BCUT2D eigenvalue weighted by atomic mass is 10.2. The van der Waals surface area contributed by atoms with Gasteiger partial charge in [-0.3, -0.25) is 9.69 Å². The van der Waals surface area contributed by atoms with E-state index in [-0.39, 0.29) is 12.5 Å². The van der Waals surface area contributed by atoms with Crippen LogP contribution in [0.3, 0.4) is 0 Å². The summed E-state index contributed by atoms with van der Waals surface area (Å²) in [4.78, 5) is 15.5. The van der Waals surface area contributed by atoms with Gasteiger partial charge in [-0.2, -0.15) is 0 Å². The van der Waals surface area contributed by atoms with E-state index in [1.807, 2.05) is 0 Å². The van der Waals surface area contributed by atoms with Gasteiger partial charge in [-0.1, -0.05) is 0 Å². The molecule has 1 atom stereocenters. The smallest absolute Gasteiger partial charge is 0.306 e. The topological polar surface area (TPSA) is 49.8 Å². The largest absolute Gasteiger partial charge is 0.481 e. The van der Waals surface area contributed by atoms with E-state index >= 15 is 0 Å². The first-order valence-corrected chi connectivity index (χ1v) is 7.46. The van der Waals surface area contributed by atoms with Crippen molar-refractivity contribution in [2.24, 2.45) is 0 Å². The number of morpholine rings is 1. The molecule has 0 saturated carbocycles. The Balaban J connectivity index is 1.91. The molecule has 0 bridgehead atoms. The van der Waals surface area contributed by atoms with Gasteiger partial charge in [0.05, 0.1) is 19.1 Å². The third-order valence-electron chi connectivity index (χ3n) is 2.91. The molecule has 1 aromatic rings. The quantitative estimate of drug-likeness (QED) is 0.919. The first-order chi connectivity index (χ1) is 8.54. The molecule has 1 aromatic heterocycles. The zero-order valence-corrected chi connectivity index (χ0v) is 12.6. The number of aryl methyl sites for hydroxylation is 1. The number of nitrogens with zero attached hydrogens (tertiary/aromatic N) is 1. The van der Waals surface area contributed by atoms with Crippen molar-refractivity contribution in [3.05, 3.63) is 20.3 Å². The number of thiophene rings is 1. The SMILES string of the molecule is Cc1sc(CN2CCOC(CC(=O)O)C2)cc1Br. The predicted octanol–water partition coefficient (Wildman–Crippen LogP) is 2.49. The Bertz CT molecular complexity index is 415. The Morgan fingerprint density at radius 2 is 2.50 bits per heavy atom. The molecule has 0 amide bonds. The van der Waals surface area contributed by atoms with Gasteiger partial charge < -0.3 is 9.84 Å². The number of carboxylic acids is 1. The molecule has 1 N–H and O–H groups in total. The summed E-state index contributed by atoms with van der Waals surface area (Å²) in [6.45, 7) is 5.14. The van der Waals surface area contributed by atoms with Crippen molar-refractivity contribution in [1.82, 2.24) is 4.90 Å². The van der Waals surface area contributed by atoms with Crippen molar-refractivity contribution in [2.45, 2.75) is 26.0 Å². The summed E-state index contributed by atoms with van der Waals surface area (Å²) in [5.41, 5.74) is 0. The van der Waals surface area contributed by atoms with Crippen LogP contribution in [-0.4, -0.2) is 41.8 Å². The summed E-state index contributed by atoms with van der Waals surface area (Å²) < 4.78 is 6.61. The standard InChI is InChI=1S/C12H16BrNO3S/c1-8-11(13)5-10(18-8)7-14-2-3-17-9(6-14)4-12(15)16/h5,9H,2-4,6-7H2,1H3,(H,15,16). The maximum absolute atomic E-state index is 10.7. The molecule has 0 radical (unpaired) electrons. The molecule has 0 aliphatic carbocycles. The zero-order valence-electron chi connectivity index (χ0n) is 10.2. The van der Waals surface area contributed by atoms with Crippen LogP contribution in [0.2, 0.25) is 0 Å². The molecule has 1 unspecified atom stereocenters. The van der Waals surface area contributed by atoms with Crippen LogP contribution in [0.15, 0.2) is 10.5 Å². The van der Waals surface area contributed by atoms with Gasteiger partial charge in [0.25, 0.3) is 0 Å². The van der Waals surface area contributed by atoms with E-state index in [0.717, 1.165) is 17.6 Å². The maximum atomic E-state index is 10.7. The van der Waals surface area contributed by atoms with Crippen LogP contribution in [0.4, 0.5) is 0 Å². The van der Waals surface area contributed by atoms with Gasteiger partial charge in [0.15, 0.2) is 0 Å². The van der Waals surface area contributed by atoms with E-state index in [1.165, 1.54) is 9.75 Å². The van der Waals surface area contributed by atoms with E-state index in [1.54, 1.807) is 11.3 Å². The number of carbonyl (C=O) groups is 1. The van der Waals surface area contributed by atoms with Crippen LogP contribution < -0.4 is 0 Å². The highest BCUT2D eigenvalue weighted by Gasteiger charge is 2.23. The average molecular weight is 334 g/mol. The number of hydrogen-bond donors (Lipinski definition) is 1. The fourth-order valence-corrected chi connectivity index (χ4v) is 3.70. The Labute approximate surface area is 119 Å². The van der Waals surface area contributed by atoms with Crippen molar-refractivity contribution in [3.63, 3.8) is 0 Å². The zero-order chi connectivity index (χ0) is 13.1. The van der Waals surface area contributed by atoms with Gasteiger partial charge >= 0.3 is 5.97 Å². The second kappa shape index (κ2) is 6.14. The molecule has 18 heavy (non-hydrogen) atoms. The average Bonchev–Trinajstić information content (AvgIpc) is 2.57.